The molecule has 0 bridgehead atoms. The number of piperidine rings is 1. The molecule has 2 aromatic carbocycles. The highest BCUT2D eigenvalue weighted by Crippen LogP contribution is 2.30. The summed E-state index contributed by atoms with van der Waals surface area (Å²) in [5.41, 5.74) is 3.03. The Kier molecular flexibility index (Phi) is 6.59. The maximum Gasteiger partial charge on any atom is 0.246 e. The van der Waals surface area contributed by atoms with Gasteiger partial charge in [-0.3, -0.25) is 4.79 Å². The molecular weight excluding hydrogens is 388 g/mol. The molecule has 1 saturated heterocycles. The summed E-state index contributed by atoms with van der Waals surface area (Å²) in [6.07, 6.45) is 1.33. The summed E-state index contributed by atoms with van der Waals surface area (Å²) >= 11 is 0. The van der Waals surface area contributed by atoms with Crippen molar-refractivity contribution in [3.63, 3.8) is 0 Å². The fourth-order valence-corrected chi connectivity index (χ4v) is 5.30. The number of benzene rings is 2. The van der Waals surface area contributed by atoms with Gasteiger partial charge in [-0.15, -0.1) is 0 Å². The molecule has 3 rings (SSSR count). The van der Waals surface area contributed by atoms with E-state index in [1.54, 1.807) is 12.1 Å². The number of amides is 1. The van der Waals surface area contributed by atoms with Crippen LogP contribution in [0.2, 0.25) is 0 Å². The van der Waals surface area contributed by atoms with Gasteiger partial charge >= 0.3 is 0 Å². The number of ether oxygens (including phenoxy) is 1. The van der Waals surface area contributed by atoms with Gasteiger partial charge in [0, 0.05) is 19.6 Å². The minimum atomic E-state index is -3.74. The van der Waals surface area contributed by atoms with Gasteiger partial charge in [0.05, 0.1) is 13.0 Å². The maximum atomic E-state index is 13.2. The van der Waals surface area contributed by atoms with Crippen LogP contribution in [0.1, 0.15) is 29.5 Å². The lowest BCUT2D eigenvalue weighted by molar-refractivity contribution is -0.126. The minimum absolute atomic E-state index is 0.110. The van der Waals surface area contributed by atoms with Crippen LogP contribution in [-0.2, 0) is 21.4 Å². The first-order valence-electron chi connectivity index (χ1n) is 9.79. The van der Waals surface area contributed by atoms with Crippen molar-refractivity contribution in [3.05, 3.63) is 59.2 Å². The number of aryl methyl sites for hydroxylation is 2. The number of rotatable bonds is 6. The molecule has 7 heteroatoms. The quantitative estimate of drug-likeness (QED) is 0.785. The first-order valence-corrected chi connectivity index (χ1v) is 11.2. The fourth-order valence-electron chi connectivity index (χ4n) is 3.54. The summed E-state index contributed by atoms with van der Waals surface area (Å²) in [5, 5.41) is 2.95. The molecule has 6 nitrogen and oxygen atoms in total. The molecule has 2 aromatic rings. The Morgan fingerprint density at radius 1 is 1.14 bits per heavy atom. The SMILES string of the molecule is COc1ccc(C)cc1S(=O)(=O)N1CCCC(C(=O)NCc2ccc(C)cc2)C1. The van der Waals surface area contributed by atoms with Gasteiger partial charge in [-0.2, -0.15) is 4.31 Å². The van der Waals surface area contributed by atoms with Gasteiger partial charge in [-0.25, -0.2) is 8.42 Å². The molecule has 0 spiro atoms. The van der Waals surface area contributed by atoms with Crippen LogP contribution in [0, 0.1) is 19.8 Å². The van der Waals surface area contributed by atoms with E-state index in [0.29, 0.717) is 31.7 Å². The Labute approximate surface area is 172 Å². The Balaban J connectivity index is 1.70. The normalized spacial score (nSPS) is 17.7. The van der Waals surface area contributed by atoms with E-state index in [9.17, 15) is 13.2 Å². The predicted molar refractivity (Wildman–Crippen MR) is 112 cm³/mol. The summed E-state index contributed by atoms with van der Waals surface area (Å²) in [6.45, 7) is 4.88. The standard InChI is InChI=1S/C22H28N2O4S/c1-16-6-9-18(10-7-16)14-23-22(25)19-5-4-12-24(15-19)29(26,27)21-13-17(2)8-11-20(21)28-3/h6-11,13,19H,4-5,12,14-15H2,1-3H3,(H,23,25). The first kappa shape index (κ1) is 21.3. The van der Waals surface area contributed by atoms with Crippen LogP contribution >= 0.6 is 0 Å². The van der Waals surface area contributed by atoms with E-state index in [-0.39, 0.29) is 23.3 Å². The monoisotopic (exact) mass is 416 g/mol. The van der Waals surface area contributed by atoms with Gasteiger partial charge in [0.2, 0.25) is 15.9 Å². The van der Waals surface area contributed by atoms with E-state index in [0.717, 1.165) is 11.1 Å². The molecule has 0 aliphatic carbocycles. The number of hydrogen-bond donors (Lipinski definition) is 1. The first-order chi connectivity index (χ1) is 13.8. The number of sulfonamides is 1. The summed E-state index contributed by atoms with van der Waals surface area (Å²) in [4.78, 5) is 12.8. The molecule has 1 aliphatic heterocycles. The van der Waals surface area contributed by atoms with Crippen LogP contribution in [0.4, 0.5) is 0 Å². The lowest BCUT2D eigenvalue weighted by atomic mass is 9.98. The summed E-state index contributed by atoms with van der Waals surface area (Å²) in [6, 6.07) is 13.1. The molecule has 0 radical (unpaired) electrons. The molecule has 0 saturated carbocycles. The highest BCUT2D eigenvalue weighted by Gasteiger charge is 2.34. The average Bonchev–Trinajstić information content (AvgIpc) is 2.73. The van der Waals surface area contributed by atoms with Crippen molar-refractivity contribution in [3.8, 4) is 5.75 Å². The van der Waals surface area contributed by atoms with E-state index < -0.39 is 10.0 Å². The van der Waals surface area contributed by atoms with E-state index in [1.165, 1.54) is 17.0 Å². The largest absolute Gasteiger partial charge is 0.495 e. The van der Waals surface area contributed by atoms with Crippen LogP contribution in [0.3, 0.4) is 0 Å². The highest BCUT2D eigenvalue weighted by atomic mass is 32.2. The van der Waals surface area contributed by atoms with Crippen molar-refractivity contribution < 1.29 is 17.9 Å². The number of nitrogens with one attached hydrogen (secondary N) is 1. The number of carbonyl (C=O) groups excluding carboxylic acids is 1. The lowest BCUT2D eigenvalue weighted by Crippen LogP contribution is -2.45. The third kappa shape index (κ3) is 4.97. The molecule has 1 amide bonds. The third-order valence-electron chi connectivity index (χ3n) is 5.28. The topological polar surface area (TPSA) is 75.7 Å². The van der Waals surface area contributed by atoms with Gasteiger partial charge in [0.1, 0.15) is 10.6 Å². The van der Waals surface area contributed by atoms with Crippen molar-refractivity contribution in [2.75, 3.05) is 20.2 Å². The molecule has 1 fully saturated rings. The van der Waals surface area contributed by atoms with Crippen LogP contribution < -0.4 is 10.1 Å². The second-order valence-electron chi connectivity index (χ2n) is 7.56. The molecule has 1 heterocycles. The zero-order chi connectivity index (χ0) is 21.0. The van der Waals surface area contributed by atoms with E-state index in [2.05, 4.69) is 5.32 Å². The van der Waals surface area contributed by atoms with Crippen molar-refractivity contribution in [2.24, 2.45) is 5.92 Å². The van der Waals surface area contributed by atoms with E-state index in [4.69, 9.17) is 4.74 Å². The van der Waals surface area contributed by atoms with Crippen molar-refractivity contribution in [1.82, 2.24) is 9.62 Å². The summed E-state index contributed by atoms with van der Waals surface area (Å²) in [5.74, 6) is -0.150. The van der Waals surface area contributed by atoms with Crippen molar-refractivity contribution in [1.29, 1.82) is 0 Å². The molecule has 1 N–H and O–H groups in total. The molecule has 0 aromatic heterocycles. The second-order valence-corrected chi connectivity index (χ2v) is 9.47. The van der Waals surface area contributed by atoms with E-state index in [1.807, 2.05) is 44.2 Å². The van der Waals surface area contributed by atoms with Crippen LogP contribution in [-0.4, -0.2) is 38.8 Å². The van der Waals surface area contributed by atoms with Crippen LogP contribution in [0.25, 0.3) is 0 Å². The Hall–Kier alpha value is -2.38. The number of carbonyl (C=O) groups is 1. The van der Waals surface area contributed by atoms with Crippen molar-refractivity contribution in [2.45, 2.75) is 38.1 Å². The fraction of sp³-hybridized carbons (Fsp3) is 0.409. The van der Waals surface area contributed by atoms with Gasteiger partial charge in [0.25, 0.3) is 0 Å². The average molecular weight is 417 g/mol. The predicted octanol–water partition coefficient (Wildman–Crippen LogP) is 3.03. The Bertz CT molecular complexity index is 971. The van der Waals surface area contributed by atoms with Gasteiger partial charge in [-0.1, -0.05) is 35.9 Å². The molecular formula is C22H28N2O4S. The van der Waals surface area contributed by atoms with Gasteiger partial charge in [0.15, 0.2) is 0 Å². The zero-order valence-electron chi connectivity index (χ0n) is 17.1. The molecule has 29 heavy (non-hydrogen) atoms. The lowest BCUT2D eigenvalue weighted by Gasteiger charge is -2.31. The van der Waals surface area contributed by atoms with Gasteiger partial charge < -0.3 is 10.1 Å². The van der Waals surface area contributed by atoms with Gasteiger partial charge in [-0.05, 0) is 49.9 Å². The molecule has 1 aliphatic rings. The number of hydrogen-bond acceptors (Lipinski definition) is 4. The maximum absolute atomic E-state index is 13.2. The molecule has 1 atom stereocenters. The number of methoxy groups -OCH3 is 1. The second kappa shape index (κ2) is 8.97. The Morgan fingerprint density at radius 2 is 1.83 bits per heavy atom. The third-order valence-corrected chi connectivity index (χ3v) is 7.17. The minimum Gasteiger partial charge on any atom is -0.495 e. The molecule has 156 valence electrons. The summed E-state index contributed by atoms with van der Waals surface area (Å²) in [7, 11) is -2.28. The number of nitrogens with zero attached hydrogens (tertiary/aromatic N) is 1. The van der Waals surface area contributed by atoms with Crippen LogP contribution in [0.15, 0.2) is 47.4 Å². The van der Waals surface area contributed by atoms with Crippen molar-refractivity contribution >= 4 is 15.9 Å². The van der Waals surface area contributed by atoms with Crippen LogP contribution in [0.5, 0.6) is 5.75 Å². The highest BCUT2D eigenvalue weighted by molar-refractivity contribution is 7.89. The smallest absolute Gasteiger partial charge is 0.246 e. The summed E-state index contributed by atoms with van der Waals surface area (Å²) < 4.78 is 33.1. The molecule has 1 unspecified atom stereocenters. The Morgan fingerprint density at radius 3 is 2.52 bits per heavy atom. The zero-order valence-corrected chi connectivity index (χ0v) is 18.0. The van der Waals surface area contributed by atoms with E-state index >= 15 is 0 Å².